The first-order chi connectivity index (χ1) is 14.4. The van der Waals surface area contributed by atoms with Gasteiger partial charge in [-0.05, 0) is 73.7 Å². The smallest absolute Gasteiger partial charge is 0.176 e. The largest absolute Gasteiger partial charge is 0.361 e. The monoisotopic (exact) mass is 402 g/mol. The van der Waals surface area contributed by atoms with Crippen LogP contribution in [0.1, 0.15) is 48.3 Å². The zero-order valence-corrected chi connectivity index (χ0v) is 18.5. The molecule has 6 heteroatoms. The van der Waals surface area contributed by atoms with Crippen LogP contribution >= 0.6 is 0 Å². The molecular formula is C24H30N6. The van der Waals surface area contributed by atoms with E-state index in [2.05, 4.69) is 103 Å². The number of hydrogen-bond donors (Lipinski definition) is 2. The van der Waals surface area contributed by atoms with Crippen LogP contribution in [0.25, 0.3) is 16.6 Å². The van der Waals surface area contributed by atoms with E-state index < -0.39 is 0 Å². The van der Waals surface area contributed by atoms with Crippen LogP contribution in [-0.2, 0) is 12.0 Å². The molecular weight excluding hydrogens is 372 g/mol. The van der Waals surface area contributed by atoms with Gasteiger partial charge in [-0.2, -0.15) is 4.68 Å². The highest BCUT2D eigenvalue weighted by Gasteiger charge is 2.31. The fourth-order valence-electron chi connectivity index (χ4n) is 4.36. The van der Waals surface area contributed by atoms with Crippen LogP contribution in [0.15, 0.2) is 42.6 Å². The average Bonchev–Trinajstić information content (AvgIpc) is 3.35. The Morgan fingerprint density at radius 1 is 1.10 bits per heavy atom. The molecule has 0 fully saturated rings. The zero-order chi connectivity index (χ0) is 21.3. The molecule has 0 amide bonds. The van der Waals surface area contributed by atoms with Crippen molar-refractivity contribution in [3.8, 4) is 5.69 Å². The predicted molar refractivity (Wildman–Crippen MR) is 121 cm³/mol. The molecule has 0 aliphatic rings. The normalized spacial score (nSPS) is 13.6. The SMILES string of the molecule is CC[C@@](C)(NCCc1c[nH]c2ccccc12)c1nnnn1-c1c(C)cc(C)cc1C. The Labute approximate surface area is 177 Å². The van der Waals surface area contributed by atoms with Crippen molar-refractivity contribution in [3.63, 3.8) is 0 Å². The van der Waals surface area contributed by atoms with Gasteiger partial charge in [0.25, 0.3) is 0 Å². The van der Waals surface area contributed by atoms with Crippen molar-refractivity contribution in [1.29, 1.82) is 0 Å². The fraction of sp³-hybridized carbons (Fsp3) is 0.375. The second-order valence-corrected chi connectivity index (χ2v) is 8.38. The van der Waals surface area contributed by atoms with Gasteiger partial charge < -0.3 is 10.3 Å². The minimum absolute atomic E-state index is 0.334. The summed E-state index contributed by atoms with van der Waals surface area (Å²) in [5, 5.41) is 17.9. The van der Waals surface area contributed by atoms with Crippen LogP contribution in [0.3, 0.4) is 0 Å². The minimum Gasteiger partial charge on any atom is -0.361 e. The number of aromatic nitrogens is 5. The number of rotatable bonds is 7. The molecule has 0 aliphatic carbocycles. The van der Waals surface area contributed by atoms with Crippen molar-refractivity contribution in [1.82, 2.24) is 30.5 Å². The van der Waals surface area contributed by atoms with Crippen LogP contribution in [0.2, 0.25) is 0 Å². The zero-order valence-electron chi connectivity index (χ0n) is 18.5. The van der Waals surface area contributed by atoms with Crippen LogP contribution in [0.4, 0.5) is 0 Å². The Bertz CT molecular complexity index is 1150. The van der Waals surface area contributed by atoms with Crippen molar-refractivity contribution in [2.75, 3.05) is 6.54 Å². The number of fused-ring (bicyclic) bond motifs is 1. The lowest BCUT2D eigenvalue weighted by Gasteiger charge is -2.29. The summed E-state index contributed by atoms with van der Waals surface area (Å²) in [5.74, 6) is 0.846. The first kappa shape index (κ1) is 20.3. The van der Waals surface area contributed by atoms with E-state index in [1.807, 2.05) is 4.68 Å². The first-order valence-electron chi connectivity index (χ1n) is 10.6. The van der Waals surface area contributed by atoms with E-state index >= 15 is 0 Å². The van der Waals surface area contributed by atoms with Gasteiger partial charge in [-0.1, -0.05) is 42.8 Å². The van der Waals surface area contributed by atoms with E-state index in [0.717, 1.165) is 30.9 Å². The Morgan fingerprint density at radius 2 is 1.83 bits per heavy atom. The summed E-state index contributed by atoms with van der Waals surface area (Å²) >= 11 is 0. The van der Waals surface area contributed by atoms with Crippen LogP contribution in [0.5, 0.6) is 0 Å². The molecule has 0 saturated carbocycles. The van der Waals surface area contributed by atoms with E-state index in [-0.39, 0.29) is 5.54 Å². The molecule has 1 atom stereocenters. The number of hydrogen-bond acceptors (Lipinski definition) is 4. The van der Waals surface area contributed by atoms with Gasteiger partial charge in [-0.15, -0.1) is 5.10 Å². The van der Waals surface area contributed by atoms with E-state index in [4.69, 9.17) is 0 Å². The van der Waals surface area contributed by atoms with Gasteiger partial charge in [0.05, 0.1) is 11.2 Å². The average molecular weight is 403 g/mol. The van der Waals surface area contributed by atoms with Crippen molar-refractivity contribution in [2.45, 2.75) is 53.0 Å². The van der Waals surface area contributed by atoms with Gasteiger partial charge in [0.15, 0.2) is 5.82 Å². The van der Waals surface area contributed by atoms with Crippen molar-refractivity contribution in [2.24, 2.45) is 0 Å². The van der Waals surface area contributed by atoms with Crippen molar-refractivity contribution < 1.29 is 0 Å². The molecule has 0 saturated heterocycles. The molecule has 2 aromatic carbocycles. The second-order valence-electron chi connectivity index (χ2n) is 8.38. The molecule has 30 heavy (non-hydrogen) atoms. The minimum atomic E-state index is -0.334. The Hall–Kier alpha value is -2.99. The summed E-state index contributed by atoms with van der Waals surface area (Å²) in [4.78, 5) is 3.36. The third-order valence-corrected chi connectivity index (χ3v) is 6.10. The molecule has 4 aromatic rings. The molecule has 2 N–H and O–H groups in total. The standard InChI is InChI=1S/C24H30N6/c1-6-24(5,26-12-11-19-15-25-21-10-8-7-9-20(19)21)23-27-28-29-30(23)22-17(3)13-16(2)14-18(22)4/h7-10,13-15,25-26H,6,11-12H2,1-5H3/t24-/m1/s1. The maximum absolute atomic E-state index is 4.44. The first-order valence-corrected chi connectivity index (χ1v) is 10.6. The van der Waals surface area contributed by atoms with Crippen LogP contribution < -0.4 is 5.32 Å². The Morgan fingerprint density at radius 3 is 2.57 bits per heavy atom. The van der Waals surface area contributed by atoms with Gasteiger partial charge in [-0.25, -0.2) is 0 Å². The highest BCUT2D eigenvalue weighted by atomic mass is 15.6. The quantitative estimate of drug-likeness (QED) is 0.477. The van der Waals surface area contributed by atoms with E-state index in [1.54, 1.807) is 0 Å². The van der Waals surface area contributed by atoms with Gasteiger partial charge in [-0.3, -0.25) is 0 Å². The number of nitrogens with zero attached hydrogens (tertiary/aromatic N) is 4. The molecule has 0 bridgehead atoms. The van der Waals surface area contributed by atoms with Gasteiger partial charge >= 0.3 is 0 Å². The second kappa shape index (κ2) is 8.03. The Kier molecular flexibility index (Phi) is 5.43. The molecule has 0 radical (unpaired) electrons. The number of aromatic amines is 1. The van der Waals surface area contributed by atoms with Crippen LogP contribution in [-0.4, -0.2) is 31.7 Å². The lowest BCUT2D eigenvalue weighted by molar-refractivity contribution is 0.329. The summed E-state index contributed by atoms with van der Waals surface area (Å²) in [6.45, 7) is 11.6. The van der Waals surface area contributed by atoms with Gasteiger partial charge in [0, 0.05) is 23.6 Å². The number of aryl methyl sites for hydroxylation is 3. The fourth-order valence-corrected chi connectivity index (χ4v) is 4.36. The maximum Gasteiger partial charge on any atom is 0.176 e. The Balaban J connectivity index is 1.59. The third kappa shape index (κ3) is 3.63. The van der Waals surface area contributed by atoms with Crippen molar-refractivity contribution in [3.05, 3.63) is 70.7 Å². The number of tetrazole rings is 1. The summed E-state index contributed by atoms with van der Waals surface area (Å²) in [6.07, 6.45) is 3.92. The maximum atomic E-state index is 4.44. The number of benzene rings is 2. The third-order valence-electron chi connectivity index (χ3n) is 6.10. The highest BCUT2D eigenvalue weighted by molar-refractivity contribution is 5.83. The molecule has 0 unspecified atom stereocenters. The molecule has 0 aliphatic heterocycles. The summed E-state index contributed by atoms with van der Waals surface area (Å²) in [5.41, 5.74) is 6.84. The van der Waals surface area contributed by atoms with E-state index in [9.17, 15) is 0 Å². The van der Waals surface area contributed by atoms with Gasteiger partial charge in [0.2, 0.25) is 0 Å². The van der Waals surface area contributed by atoms with Gasteiger partial charge in [0.1, 0.15) is 0 Å². The highest BCUT2D eigenvalue weighted by Crippen LogP contribution is 2.28. The summed E-state index contributed by atoms with van der Waals surface area (Å²) < 4.78 is 1.91. The summed E-state index contributed by atoms with van der Waals surface area (Å²) in [7, 11) is 0. The molecule has 2 aromatic heterocycles. The molecule has 4 rings (SSSR count). The number of para-hydroxylation sites is 1. The number of nitrogens with one attached hydrogen (secondary N) is 2. The molecule has 6 nitrogen and oxygen atoms in total. The lowest BCUT2D eigenvalue weighted by Crippen LogP contribution is -2.42. The summed E-state index contributed by atoms with van der Waals surface area (Å²) in [6, 6.07) is 12.8. The van der Waals surface area contributed by atoms with Crippen molar-refractivity contribution >= 4 is 10.9 Å². The number of H-pyrrole nitrogens is 1. The van der Waals surface area contributed by atoms with Crippen LogP contribution in [0, 0.1) is 20.8 Å². The van der Waals surface area contributed by atoms with E-state index in [0.29, 0.717) is 0 Å². The lowest BCUT2D eigenvalue weighted by atomic mass is 9.96. The molecule has 0 spiro atoms. The topological polar surface area (TPSA) is 71.4 Å². The molecule has 156 valence electrons. The predicted octanol–water partition coefficient (Wildman–Crippen LogP) is 4.53. The molecule has 2 heterocycles. The van der Waals surface area contributed by atoms with E-state index in [1.165, 1.54) is 33.2 Å².